The van der Waals surface area contributed by atoms with Gasteiger partial charge in [0, 0.05) is 7.05 Å². The average molecular weight is 426 g/mol. The van der Waals surface area contributed by atoms with Gasteiger partial charge in [-0.05, 0) is 24.3 Å². The fraction of sp³-hybridized carbons (Fsp3) is 0.200. The molecule has 0 bridgehead atoms. The lowest BCUT2D eigenvalue weighted by molar-refractivity contribution is 0.0457. The molecule has 0 unspecified atom stereocenters. The largest absolute Gasteiger partial charge is 0.454 e. The third kappa shape index (κ3) is 3.14. The van der Waals surface area contributed by atoms with E-state index in [0.29, 0.717) is 22.5 Å². The Morgan fingerprint density at radius 1 is 1.07 bits per heavy atom. The minimum absolute atomic E-state index is 0.0366. The highest BCUT2D eigenvalue weighted by molar-refractivity contribution is 7.91. The van der Waals surface area contributed by atoms with Crippen LogP contribution in [0.4, 0.5) is 0 Å². The van der Waals surface area contributed by atoms with Gasteiger partial charge in [0.2, 0.25) is 5.78 Å². The maximum atomic E-state index is 12.6. The van der Waals surface area contributed by atoms with E-state index in [9.17, 15) is 18.0 Å². The number of nitrogens with zero attached hydrogens (tertiary/aromatic N) is 4. The van der Waals surface area contributed by atoms with Crippen LogP contribution in [0.25, 0.3) is 16.7 Å². The summed E-state index contributed by atoms with van der Waals surface area (Å²) in [5, 5.41) is 8.57. The molecule has 0 N–H and O–H groups in total. The Kier molecular flexibility index (Phi) is 4.86. The van der Waals surface area contributed by atoms with E-state index in [2.05, 4.69) is 10.2 Å². The van der Waals surface area contributed by atoms with Crippen molar-refractivity contribution in [2.45, 2.75) is 18.4 Å². The number of esters is 1. The van der Waals surface area contributed by atoms with E-state index in [1.54, 1.807) is 47.8 Å². The molecule has 0 aliphatic rings. The predicted molar refractivity (Wildman–Crippen MR) is 109 cm³/mol. The Balaban J connectivity index is 1.73. The van der Waals surface area contributed by atoms with Gasteiger partial charge in [0.25, 0.3) is 5.56 Å². The molecule has 30 heavy (non-hydrogen) atoms. The van der Waals surface area contributed by atoms with Gasteiger partial charge in [-0.15, -0.1) is 10.2 Å². The van der Waals surface area contributed by atoms with Crippen LogP contribution in [0.5, 0.6) is 0 Å². The Bertz CT molecular complexity index is 1450. The van der Waals surface area contributed by atoms with Crippen molar-refractivity contribution < 1.29 is 17.9 Å². The van der Waals surface area contributed by atoms with E-state index in [1.807, 2.05) is 0 Å². The molecule has 9 nitrogen and oxygen atoms in total. The number of ether oxygens (including phenoxy) is 1. The van der Waals surface area contributed by atoms with Crippen molar-refractivity contribution in [3.8, 4) is 0 Å². The monoisotopic (exact) mass is 426 g/mol. The fourth-order valence-electron chi connectivity index (χ4n) is 3.26. The normalized spacial score (nSPS) is 11.8. The molecular formula is C20H18N4O5S. The zero-order valence-corrected chi connectivity index (χ0v) is 17.1. The molecule has 154 valence electrons. The van der Waals surface area contributed by atoms with Crippen molar-refractivity contribution in [2.24, 2.45) is 7.05 Å². The molecule has 2 aromatic heterocycles. The summed E-state index contributed by atoms with van der Waals surface area (Å²) in [6.45, 7) is 1.26. The second-order valence-electron chi connectivity index (χ2n) is 6.61. The first-order valence-electron chi connectivity index (χ1n) is 9.16. The molecule has 0 fully saturated rings. The van der Waals surface area contributed by atoms with Gasteiger partial charge in [-0.25, -0.2) is 13.2 Å². The van der Waals surface area contributed by atoms with E-state index < -0.39 is 15.8 Å². The SMILES string of the molecule is CCS(=O)(=O)c1ccccc1C(=O)OCc1nnc2n(C)c(=O)c3ccccc3n12. The fourth-order valence-corrected chi connectivity index (χ4v) is 4.34. The molecule has 4 rings (SSSR count). The summed E-state index contributed by atoms with van der Waals surface area (Å²) in [6.07, 6.45) is 0. The smallest absolute Gasteiger partial charge is 0.339 e. The van der Waals surface area contributed by atoms with Crippen LogP contribution >= 0.6 is 0 Å². The number of fused-ring (bicyclic) bond motifs is 3. The molecular weight excluding hydrogens is 408 g/mol. The lowest BCUT2D eigenvalue weighted by Gasteiger charge is -2.10. The van der Waals surface area contributed by atoms with Crippen LogP contribution in [-0.2, 0) is 28.2 Å². The summed E-state index contributed by atoms with van der Waals surface area (Å²) in [6, 6.07) is 12.9. The number of rotatable bonds is 5. The summed E-state index contributed by atoms with van der Waals surface area (Å²) >= 11 is 0. The highest BCUT2D eigenvalue weighted by Crippen LogP contribution is 2.19. The number of hydrogen-bond acceptors (Lipinski definition) is 7. The van der Waals surface area contributed by atoms with Crippen molar-refractivity contribution in [1.29, 1.82) is 0 Å². The summed E-state index contributed by atoms with van der Waals surface area (Å²) in [5.41, 5.74) is 0.332. The van der Waals surface area contributed by atoms with Crippen LogP contribution in [0.2, 0.25) is 0 Å². The third-order valence-corrected chi connectivity index (χ3v) is 6.63. The molecule has 2 aromatic carbocycles. The van der Waals surface area contributed by atoms with Crippen molar-refractivity contribution in [3.05, 3.63) is 70.3 Å². The second kappa shape index (κ2) is 7.38. The van der Waals surface area contributed by atoms with Crippen LogP contribution < -0.4 is 5.56 Å². The molecule has 4 aromatic rings. The van der Waals surface area contributed by atoms with Crippen molar-refractivity contribution in [2.75, 3.05) is 5.75 Å². The van der Waals surface area contributed by atoms with Gasteiger partial charge >= 0.3 is 5.97 Å². The molecule has 0 aliphatic carbocycles. The van der Waals surface area contributed by atoms with Crippen LogP contribution in [-0.4, -0.2) is 39.3 Å². The minimum atomic E-state index is -3.59. The van der Waals surface area contributed by atoms with Gasteiger partial charge in [-0.3, -0.25) is 13.8 Å². The molecule has 10 heteroatoms. The number of sulfone groups is 1. The maximum absolute atomic E-state index is 12.6. The topological polar surface area (TPSA) is 113 Å². The molecule has 0 radical (unpaired) electrons. The summed E-state index contributed by atoms with van der Waals surface area (Å²) in [7, 11) is -2.01. The highest BCUT2D eigenvalue weighted by atomic mass is 32.2. The Morgan fingerprint density at radius 2 is 1.77 bits per heavy atom. The van der Waals surface area contributed by atoms with Crippen LogP contribution in [0, 0.1) is 0 Å². The molecule has 0 amide bonds. The Hall–Kier alpha value is -3.53. The minimum Gasteiger partial charge on any atom is -0.454 e. The standard InChI is InChI=1S/C20H18N4O5S/c1-3-30(27,28)16-11-7-5-9-14(16)19(26)29-12-17-21-22-20-23(2)18(25)13-8-4-6-10-15(13)24(17)20/h4-11H,3,12H2,1-2H3. The number of para-hydroxylation sites is 1. The van der Waals surface area contributed by atoms with E-state index in [0.717, 1.165) is 0 Å². The Labute approximate surface area is 171 Å². The van der Waals surface area contributed by atoms with Gasteiger partial charge in [-0.1, -0.05) is 31.2 Å². The van der Waals surface area contributed by atoms with E-state index in [4.69, 9.17) is 4.74 Å². The molecule has 2 heterocycles. The van der Waals surface area contributed by atoms with Gasteiger partial charge in [-0.2, -0.15) is 0 Å². The number of carbonyl (C=O) groups is 1. The molecule has 0 saturated heterocycles. The molecule has 0 saturated carbocycles. The van der Waals surface area contributed by atoms with E-state index in [-0.39, 0.29) is 28.4 Å². The lowest BCUT2D eigenvalue weighted by Crippen LogP contribution is -2.20. The highest BCUT2D eigenvalue weighted by Gasteiger charge is 2.22. The van der Waals surface area contributed by atoms with Gasteiger partial charge in [0.05, 0.1) is 27.1 Å². The number of hydrogen-bond donors (Lipinski definition) is 0. The van der Waals surface area contributed by atoms with Gasteiger partial charge in [0.1, 0.15) is 0 Å². The molecule has 0 spiro atoms. The number of carbonyl (C=O) groups excluding carboxylic acids is 1. The van der Waals surface area contributed by atoms with Crippen molar-refractivity contribution in [1.82, 2.24) is 19.2 Å². The van der Waals surface area contributed by atoms with E-state index >= 15 is 0 Å². The number of aromatic nitrogens is 4. The third-order valence-electron chi connectivity index (χ3n) is 4.85. The zero-order chi connectivity index (χ0) is 21.5. The first kappa shape index (κ1) is 19.8. The summed E-state index contributed by atoms with van der Waals surface area (Å²) < 4.78 is 32.9. The Morgan fingerprint density at radius 3 is 2.53 bits per heavy atom. The quantitative estimate of drug-likeness (QED) is 0.447. The van der Waals surface area contributed by atoms with Crippen LogP contribution in [0.1, 0.15) is 23.1 Å². The second-order valence-corrected chi connectivity index (χ2v) is 8.86. The number of benzene rings is 2. The number of aryl methyl sites for hydroxylation is 1. The first-order chi connectivity index (χ1) is 14.3. The zero-order valence-electron chi connectivity index (χ0n) is 16.3. The average Bonchev–Trinajstić information content (AvgIpc) is 3.20. The predicted octanol–water partition coefficient (Wildman–Crippen LogP) is 1.73. The van der Waals surface area contributed by atoms with Gasteiger partial charge in [0.15, 0.2) is 22.3 Å². The van der Waals surface area contributed by atoms with E-state index in [1.165, 1.54) is 23.6 Å². The lowest BCUT2D eigenvalue weighted by atomic mass is 10.2. The summed E-state index contributed by atoms with van der Waals surface area (Å²) in [4.78, 5) is 25.1. The summed E-state index contributed by atoms with van der Waals surface area (Å²) in [5.74, 6) is -0.306. The van der Waals surface area contributed by atoms with Crippen LogP contribution in [0.3, 0.4) is 0 Å². The van der Waals surface area contributed by atoms with Crippen LogP contribution in [0.15, 0.2) is 58.2 Å². The molecule has 0 atom stereocenters. The van der Waals surface area contributed by atoms with Gasteiger partial charge < -0.3 is 4.74 Å². The van der Waals surface area contributed by atoms with Crippen molar-refractivity contribution in [3.63, 3.8) is 0 Å². The maximum Gasteiger partial charge on any atom is 0.339 e. The first-order valence-corrected chi connectivity index (χ1v) is 10.8. The molecule has 0 aliphatic heterocycles. The van der Waals surface area contributed by atoms with Crippen molar-refractivity contribution >= 4 is 32.5 Å².